The smallest absolute Gasteiger partial charge is 0.185 e. The van der Waals surface area contributed by atoms with E-state index >= 15 is 0 Å². The van der Waals surface area contributed by atoms with Crippen LogP contribution in [0.2, 0.25) is 0 Å². The number of aromatic nitrogens is 1. The number of anilines is 1. The van der Waals surface area contributed by atoms with Gasteiger partial charge in [0.2, 0.25) is 0 Å². The predicted octanol–water partition coefficient (Wildman–Crippen LogP) is 4.99. The third-order valence-electron chi connectivity index (χ3n) is 4.23. The van der Waals surface area contributed by atoms with Gasteiger partial charge in [-0.05, 0) is 37.5 Å². The zero-order valence-corrected chi connectivity index (χ0v) is 12.3. The van der Waals surface area contributed by atoms with Crippen LogP contribution in [0.4, 0.5) is 14.5 Å². The quantitative estimate of drug-likeness (QED) is 0.857. The third-order valence-corrected chi connectivity index (χ3v) is 4.23. The number of hydrogen-bond acceptors (Lipinski definition) is 2. The average Bonchev–Trinajstić information content (AvgIpc) is 3.03. The van der Waals surface area contributed by atoms with Crippen molar-refractivity contribution in [3.63, 3.8) is 0 Å². The van der Waals surface area contributed by atoms with Crippen LogP contribution in [-0.2, 0) is 0 Å². The van der Waals surface area contributed by atoms with E-state index in [1.54, 1.807) is 6.07 Å². The molecule has 1 fully saturated rings. The SMILES string of the molecule is CCCNc1cc(C2CCCC2)nc2c(F)c(F)ccc12. The van der Waals surface area contributed by atoms with Gasteiger partial charge in [0.05, 0.1) is 0 Å². The minimum Gasteiger partial charge on any atom is -0.384 e. The van der Waals surface area contributed by atoms with E-state index in [1.807, 2.05) is 6.07 Å². The molecule has 21 heavy (non-hydrogen) atoms. The standard InChI is InChI=1S/C17H20F2N2/c1-2-9-20-15-10-14(11-5-3-4-6-11)21-17-12(15)7-8-13(18)16(17)19/h7-8,10-11H,2-6,9H2,1H3,(H,20,21). The predicted molar refractivity (Wildman–Crippen MR) is 81.6 cm³/mol. The summed E-state index contributed by atoms with van der Waals surface area (Å²) in [6.45, 7) is 2.89. The maximum absolute atomic E-state index is 14.1. The average molecular weight is 290 g/mol. The van der Waals surface area contributed by atoms with Gasteiger partial charge in [0.25, 0.3) is 0 Å². The number of halogens is 2. The molecule has 4 heteroatoms. The molecule has 1 aromatic heterocycles. The molecule has 0 saturated heterocycles. The number of nitrogens with zero attached hydrogens (tertiary/aromatic N) is 1. The van der Waals surface area contributed by atoms with E-state index in [9.17, 15) is 8.78 Å². The van der Waals surface area contributed by atoms with Crippen molar-refractivity contribution >= 4 is 16.6 Å². The lowest BCUT2D eigenvalue weighted by atomic mass is 10.0. The van der Waals surface area contributed by atoms with E-state index in [0.29, 0.717) is 11.3 Å². The Morgan fingerprint density at radius 1 is 1.24 bits per heavy atom. The maximum atomic E-state index is 14.1. The molecule has 2 nitrogen and oxygen atoms in total. The van der Waals surface area contributed by atoms with Crippen LogP contribution in [0.15, 0.2) is 18.2 Å². The first-order valence-electron chi connectivity index (χ1n) is 7.73. The van der Waals surface area contributed by atoms with Crippen LogP contribution in [0.1, 0.15) is 50.6 Å². The Balaban J connectivity index is 2.14. The second-order valence-electron chi connectivity index (χ2n) is 5.76. The summed E-state index contributed by atoms with van der Waals surface area (Å²) in [5, 5.41) is 3.98. The van der Waals surface area contributed by atoms with Gasteiger partial charge in [-0.1, -0.05) is 19.8 Å². The Morgan fingerprint density at radius 2 is 2.00 bits per heavy atom. The van der Waals surface area contributed by atoms with Gasteiger partial charge in [0.15, 0.2) is 11.6 Å². The molecule has 3 rings (SSSR count). The molecule has 1 heterocycles. The molecule has 1 N–H and O–H groups in total. The van der Waals surface area contributed by atoms with Crippen molar-refractivity contribution in [2.75, 3.05) is 11.9 Å². The second-order valence-corrected chi connectivity index (χ2v) is 5.76. The van der Waals surface area contributed by atoms with E-state index in [1.165, 1.54) is 18.9 Å². The highest BCUT2D eigenvalue weighted by molar-refractivity contribution is 5.92. The van der Waals surface area contributed by atoms with Crippen LogP contribution < -0.4 is 5.32 Å². The number of nitrogens with one attached hydrogen (secondary N) is 1. The first kappa shape index (κ1) is 14.2. The van der Waals surface area contributed by atoms with Gasteiger partial charge in [0, 0.05) is 29.2 Å². The summed E-state index contributed by atoms with van der Waals surface area (Å²) < 4.78 is 27.6. The van der Waals surface area contributed by atoms with Gasteiger partial charge >= 0.3 is 0 Å². The second kappa shape index (κ2) is 5.96. The molecule has 1 aliphatic carbocycles. The molecular formula is C17H20F2N2. The molecule has 0 aliphatic heterocycles. The summed E-state index contributed by atoms with van der Waals surface area (Å²) >= 11 is 0. The molecule has 0 radical (unpaired) electrons. The molecule has 0 bridgehead atoms. The van der Waals surface area contributed by atoms with Gasteiger partial charge in [-0.25, -0.2) is 13.8 Å². The molecular weight excluding hydrogens is 270 g/mol. The summed E-state index contributed by atoms with van der Waals surface area (Å²) in [6, 6.07) is 4.80. The minimum absolute atomic E-state index is 0.151. The molecule has 1 aliphatic rings. The Kier molecular flexibility index (Phi) is 4.04. The van der Waals surface area contributed by atoms with Gasteiger partial charge in [-0.2, -0.15) is 0 Å². The van der Waals surface area contributed by atoms with Crippen LogP contribution in [0.3, 0.4) is 0 Å². The third kappa shape index (κ3) is 2.71. The van der Waals surface area contributed by atoms with Crippen LogP contribution in [0.25, 0.3) is 10.9 Å². The van der Waals surface area contributed by atoms with Crippen LogP contribution in [-0.4, -0.2) is 11.5 Å². The Labute approximate surface area is 123 Å². The Hall–Kier alpha value is -1.71. The lowest BCUT2D eigenvalue weighted by molar-refractivity contribution is 0.515. The molecule has 0 atom stereocenters. The number of fused-ring (bicyclic) bond motifs is 1. The molecule has 0 amide bonds. The number of hydrogen-bond donors (Lipinski definition) is 1. The highest BCUT2D eigenvalue weighted by Gasteiger charge is 2.21. The van der Waals surface area contributed by atoms with Gasteiger partial charge < -0.3 is 5.32 Å². The van der Waals surface area contributed by atoms with Crippen molar-refractivity contribution in [3.05, 3.63) is 35.5 Å². The highest BCUT2D eigenvalue weighted by Crippen LogP contribution is 2.36. The van der Waals surface area contributed by atoms with Gasteiger partial charge in [0.1, 0.15) is 5.52 Å². The maximum Gasteiger partial charge on any atom is 0.185 e. The van der Waals surface area contributed by atoms with E-state index in [-0.39, 0.29) is 5.52 Å². The number of pyridine rings is 1. The largest absolute Gasteiger partial charge is 0.384 e. The van der Waals surface area contributed by atoms with Gasteiger partial charge in [-0.3, -0.25) is 0 Å². The molecule has 0 spiro atoms. The minimum atomic E-state index is -0.841. The van der Waals surface area contributed by atoms with Crippen molar-refractivity contribution in [2.45, 2.75) is 44.9 Å². The number of rotatable bonds is 4. The van der Waals surface area contributed by atoms with Crippen molar-refractivity contribution in [2.24, 2.45) is 0 Å². The van der Waals surface area contributed by atoms with Crippen molar-refractivity contribution in [1.29, 1.82) is 0 Å². The van der Waals surface area contributed by atoms with Gasteiger partial charge in [-0.15, -0.1) is 0 Å². The summed E-state index contributed by atoms with van der Waals surface area (Å²) in [6.07, 6.45) is 5.53. The van der Waals surface area contributed by atoms with Crippen LogP contribution in [0, 0.1) is 11.6 Å². The lowest BCUT2D eigenvalue weighted by Gasteiger charge is -2.15. The summed E-state index contributed by atoms with van der Waals surface area (Å²) in [5.74, 6) is -1.30. The van der Waals surface area contributed by atoms with Crippen LogP contribution in [0.5, 0.6) is 0 Å². The van der Waals surface area contributed by atoms with E-state index in [4.69, 9.17) is 0 Å². The first-order valence-corrected chi connectivity index (χ1v) is 7.73. The molecule has 0 unspecified atom stereocenters. The zero-order chi connectivity index (χ0) is 14.8. The van der Waals surface area contributed by atoms with Crippen molar-refractivity contribution in [1.82, 2.24) is 4.98 Å². The van der Waals surface area contributed by atoms with Crippen molar-refractivity contribution < 1.29 is 8.78 Å². The molecule has 1 saturated carbocycles. The van der Waals surface area contributed by atoms with E-state index in [0.717, 1.165) is 37.2 Å². The molecule has 2 aromatic rings. The lowest BCUT2D eigenvalue weighted by Crippen LogP contribution is -2.05. The highest BCUT2D eigenvalue weighted by atomic mass is 19.2. The molecule has 1 aromatic carbocycles. The monoisotopic (exact) mass is 290 g/mol. The Bertz CT molecular complexity index is 649. The van der Waals surface area contributed by atoms with E-state index in [2.05, 4.69) is 17.2 Å². The van der Waals surface area contributed by atoms with Crippen molar-refractivity contribution in [3.8, 4) is 0 Å². The summed E-state index contributed by atoms with van der Waals surface area (Å²) in [7, 11) is 0. The number of benzene rings is 1. The Morgan fingerprint density at radius 3 is 2.71 bits per heavy atom. The summed E-state index contributed by atoms with van der Waals surface area (Å²) in [5.41, 5.74) is 1.91. The zero-order valence-electron chi connectivity index (χ0n) is 12.3. The first-order chi connectivity index (χ1) is 10.2. The van der Waals surface area contributed by atoms with Crippen LogP contribution >= 0.6 is 0 Å². The summed E-state index contributed by atoms with van der Waals surface area (Å²) in [4.78, 5) is 4.43. The fourth-order valence-corrected chi connectivity index (χ4v) is 3.09. The molecule has 112 valence electrons. The fraction of sp³-hybridized carbons (Fsp3) is 0.471. The topological polar surface area (TPSA) is 24.9 Å². The normalized spacial score (nSPS) is 15.8. The van der Waals surface area contributed by atoms with E-state index < -0.39 is 11.6 Å². The fourth-order valence-electron chi connectivity index (χ4n) is 3.09.